The number of benzene rings is 1. The number of carbonyl (C=O) groups is 1. The van der Waals surface area contributed by atoms with Crippen molar-refractivity contribution >= 4 is 44.8 Å². The molecular formula is C16H13BrClNO3S. The Bertz CT molecular complexity index is 802. The molecule has 1 aromatic carbocycles. The maximum atomic E-state index is 11.6. The molecule has 4 nitrogen and oxygen atoms in total. The largest absolute Gasteiger partial charge is 0.478 e. The number of carboxylic acids is 1. The van der Waals surface area contributed by atoms with Gasteiger partial charge in [0, 0.05) is 11.1 Å². The number of fused-ring (bicyclic) bond motifs is 1. The molecule has 2 N–H and O–H groups in total. The molecule has 1 aromatic heterocycles. The summed E-state index contributed by atoms with van der Waals surface area (Å²) in [6.45, 7) is 1.89. The van der Waals surface area contributed by atoms with Crippen molar-refractivity contribution in [1.29, 1.82) is 0 Å². The molecule has 2 unspecified atom stereocenters. The number of carboxylic acid groups (broad SMARTS) is 1. The summed E-state index contributed by atoms with van der Waals surface area (Å²) in [4.78, 5) is 16.4. The maximum absolute atomic E-state index is 11.6. The van der Waals surface area contributed by atoms with E-state index in [2.05, 4.69) is 20.9 Å². The SMILES string of the molecule is CC1Cc2nc(Br)sc2C(O)(c2ccc(Cl)cc2)C1=CC(=O)O. The predicted octanol–water partition coefficient (Wildman–Crippen LogP) is 4.00. The van der Waals surface area contributed by atoms with Crippen molar-refractivity contribution in [3.05, 3.63) is 61.0 Å². The van der Waals surface area contributed by atoms with Crippen LogP contribution in [0.2, 0.25) is 5.02 Å². The molecule has 2 atom stereocenters. The van der Waals surface area contributed by atoms with Gasteiger partial charge in [-0.2, -0.15) is 0 Å². The molecular weight excluding hydrogens is 402 g/mol. The van der Waals surface area contributed by atoms with E-state index in [1.54, 1.807) is 24.3 Å². The second kappa shape index (κ2) is 6.02. The number of nitrogens with zero attached hydrogens (tertiary/aromatic N) is 1. The molecule has 1 aliphatic rings. The van der Waals surface area contributed by atoms with E-state index in [4.69, 9.17) is 11.6 Å². The Hall–Kier alpha value is -1.21. The summed E-state index contributed by atoms with van der Waals surface area (Å²) >= 11 is 10.6. The molecule has 23 heavy (non-hydrogen) atoms. The first kappa shape index (κ1) is 16.6. The van der Waals surface area contributed by atoms with Gasteiger partial charge in [0.15, 0.2) is 3.92 Å². The van der Waals surface area contributed by atoms with Gasteiger partial charge in [0.2, 0.25) is 0 Å². The maximum Gasteiger partial charge on any atom is 0.328 e. The fourth-order valence-corrected chi connectivity index (χ4v) is 4.78. The average molecular weight is 415 g/mol. The third-order valence-electron chi connectivity index (χ3n) is 3.99. The van der Waals surface area contributed by atoms with E-state index in [9.17, 15) is 15.0 Å². The summed E-state index contributed by atoms with van der Waals surface area (Å²) < 4.78 is 0.665. The quantitative estimate of drug-likeness (QED) is 0.729. The molecule has 1 heterocycles. The van der Waals surface area contributed by atoms with Crippen molar-refractivity contribution in [2.24, 2.45) is 5.92 Å². The van der Waals surface area contributed by atoms with Crippen molar-refractivity contribution in [2.75, 3.05) is 0 Å². The lowest BCUT2D eigenvalue weighted by Gasteiger charge is -2.38. The van der Waals surface area contributed by atoms with Gasteiger partial charge in [-0.25, -0.2) is 9.78 Å². The van der Waals surface area contributed by atoms with Crippen LogP contribution < -0.4 is 0 Å². The summed E-state index contributed by atoms with van der Waals surface area (Å²) in [7, 11) is 0. The molecule has 0 bridgehead atoms. The lowest BCUT2D eigenvalue weighted by atomic mass is 9.72. The fourth-order valence-electron chi connectivity index (χ4n) is 3.00. The van der Waals surface area contributed by atoms with Crippen molar-refractivity contribution in [3.8, 4) is 0 Å². The van der Waals surface area contributed by atoms with Crippen LogP contribution in [0.5, 0.6) is 0 Å². The van der Waals surface area contributed by atoms with Crippen molar-refractivity contribution < 1.29 is 15.0 Å². The lowest BCUT2D eigenvalue weighted by Crippen LogP contribution is -2.37. The van der Waals surface area contributed by atoms with Crippen molar-refractivity contribution in [3.63, 3.8) is 0 Å². The molecule has 0 amide bonds. The number of hydrogen-bond acceptors (Lipinski definition) is 4. The van der Waals surface area contributed by atoms with E-state index in [1.807, 2.05) is 6.92 Å². The highest BCUT2D eigenvalue weighted by atomic mass is 79.9. The van der Waals surface area contributed by atoms with Gasteiger partial charge >= 0.3 is 5.97 Å². The van der Waals surface area contributed by atoms with Crippen LogP contribution in [0.25, 0.3) is 0 Å². The van der Waals surface area contributed by atoms with E-state index in [0.717, 1.165) is 11.8 Å². The zero-order valence-corrected chi connectivity index (χ0v) is 15.2. The Balaban J connectivity index is 2.29. The first-order valence-corrected chi connectivity index (χ1v) is 8.90. The molecule has 2 aromatic rings. The first-order valence-electron chi connectivity index (χ1n) is 6.91. The molecule has 0 fully saturated rings. The molecule has 0 saturated carbocycles. The molecule has 0 saturated heterocycles. The number of rotatable bonds is 2. The van der Waals surface area contributed by atoms with E-state index in [-0.39, 0.29) is 5.92 Å². The topological polar surface area (TPSA) is 70.4 Å². The highest BCUT2D eigenvalue weighted by Crippen LogP contribution is 2.49. The van der Waals surface area contributed by atoms with Gasteiger partial charge in [0.05, 0.1) is 10.6 Å². The monoisotopic (exact) mass is 413 g/mol. The van der Waals surface area contributed by atoms with Crippen LogP contribution in [0.15, 0.2) is 39.8 Å². The Labute approximate surface area is 150 Å². The second-order valence-electron chi connectivity index (χ2n) is 5.50. The highest BCUT2D eigenvalue weighted by Gasteiger charge is 2.46. The van der Waals surface area contributed by atoms with Gasteiger partial charge in [-0.15, -0.1) is 11.3 Å². The molecule has 0 aliphatic heterocycles. The smallest absolute Gasteiger partial charge is 0.328 e. The lowest BCUT2D eigenvalue weighted by molar-refractivity contribution is -0.131. The average Bonchev–Trinajstić information content (AvgIpc) is 2.85. The third-order valence-corrected chi connectivity index (χ3v) is 5.90. The Morgan fingerprint density at radius 3 is 2.74 bits per heavy atom. The Kier molecular flexibility index (Phi) is 4.35. The normalized spacial score (nSPS) is 25.4. The molecule has 1 aliphatic carbocycles. The summed E-state index contributed by atoms with van der Waals surface area (Å²) in [5, 5.41) is 21.3. The number of thiazole rings is 1. The third kappa shape index (κ3) is 2.85. The Morgan fingerprint density at radius 1 is 1.48 bits per heavy atom. The Morgan fingerprint density at radius 2 is 2.13 bits per heavy atom. The van der Waals surface area contributed by atoms with E-state index >= 15 is 0 Å². The standard InChI is InChI=1S/C16H13BrClNO3S/c1-8-6-12-14(23-15(17)19-12)16(22,11(8)7-13(20)21)9-2-4-10(18)5-3-9/h2-5,7-8,22H,6H2,1H3,(H,20,21). The van der Waals surface area contributed by atoms with Crippen LogP contribution in [-0.2, 0) is 16.8 Å². The molecule has 0 radical (unpaired) electrons. The van der Waals surface area contributed by atoms with Crippen LogP contribution in [0.4, 0.5) is 0 Å². The van der Waals surface area contributed by atoms with Gasteiger partial charge in [-0.3, -0.25) is 0 Å². The van der Waals surface area contributed by atoms with Crippen molar-refractivity contribution in [2.45, 2.75) is 18.9 Å². The van der Waals surface area contributed by atoms with Crippen molar-refractivity contribution in [1.82, 2.24) is 4.98 Å². The van der Waals surface area contributed by atoms with Gasteiger partial charge < -0.3 is 10.2 Å². The minimum atomic E-state index is -1.51. The highest BCUT2D eigenvalue weighted by molar-refractivity contribution is 9.11. The molecule has 120 valence electrons. The predicted molar refractivity (Wildman–Crippen MR) is 92.9 cm³/mol. The van der Waals surface area contributed by atoms with Gasteiger partial charge in [0.25, 0.3) is 0 Å². The molecule has 3 rings (SSSR count). The summed E-state index contributed by atoms with van der Waals surface area (Å²) in [6, 6.07) is 6.80. The van der Waals surface area contributed by atoms with Crippen LogP contribution >= 0.6 is 38.9 Å². The van der Waals surface area contributed by atoms with Crippen LogP contribution in [0, 0.1) is 5.92 Å². The number of aliphatic hydroxyl groups is 1. The minimum absolute atomic E-state index is 0.145. The summed E-state index contributed by atoms with van der Waals surface area (Å²) in [5.74, 6) is -1.22. The minimum Gasteiger partial charge on any atom is -0.478 e. The summed E-state index contributed by atoms with van der Waals surface area (Å²) in [6.07, 6.45) is 1.70. The number of halogens is 2. The number of aromatic nitrogens is 1. The number of hydrogen-bond donors (Lipinski definition) is 2. The zero-order valence-electron chi connectivity index (χ0n) is 12.1. The second-order valence-corrected chi connectivity index (χ2v) is 8.21. The molecule has 0 spiro atoms. The van der Waals surface area contributed by atoms with Gasteiger partial charge in [0.1, 0.15) is 5.60 Å². The van der Waals surface area contributed by atoms with Crippen LogP contribution in [-0.4, -0.2) is 21.2 Å². The zero-order chi connectivity index (χ0) is 16.8. The van der Waals surface area contributed by atoms with Crippen LogP contribution in [0.1, 0.15) is 23.1 Å². The fraction of sp³-hybridized carbons (Fsp3) is 0.250. The van der Waals surface area contributed by atoms with Crippen LogP contribution in [0.3, 0.4) is 0 Å². The molecule has 7 heteroatoms. The number of aliphatic carboxylic acids is 1. The summed E-state index contributed by atoms with van der Waals surface area (Å²) in [5.41, 5.74) is 0.309. The first-order chi connectivity index (χ1) is 10.8. The van der Waals surface area contributed by atoms with E-state index < -0.39 is 11.6 Å². The van der Waals surface area contributed by atoms with Gasteiger partial charge in [-0.05, 0) is 51.5 Å². The van der Waals surface area contributed by atoms with Gasteiger partial charge in [-0.1, -0.05) is 30.7 Å². The van der Waals surface area contributed by atoms with E-state index in [1.165, 1.54) is 11.3 Å². The van der Waals surface area contributed by atoms with E-state index in [0.29, 0.717) is 31.4 Å².